The van der Waals surface area contributed by atoms with Crippen LogP contribution in [0.1, 0.15) is 12.5 Å². The van der Waals surface area contributed by atoms with Crippen LogP contribution in [0.25, 0.3) is 0 Å². The molecule has 2 aromatic rings. The first-order valence-electron chi connectivity index (χ1n) is 7.95. The number of hydrogen-bond donors (Lipinski definition) is 0. The fourth-order valence-corrected chi connectivity index (χ4v) is 5.75. The first kappa shape index (κ1) is 22.7. The average Bonchev–Trinajstić information content (AvgIpc) is 2.58. The van der Waals surface area contributed by atoms with E-state index in [0.717, 1.165) is 9.79 Å². The van der Waals surface area contributed by atoms with E-state index < -0.39 is 26.5 Å². The van der Waals surface area contributed by atoms with Crippen LogP contribution in [0.2, 0.25) is 0 Å². The number of hydrogen-bond acceptors (Lipinski definition) is 8. The van der Waals surface area contributed by atoms with Gasteiger partial charge in [0.25, 0.3) is 0 Å². The maximum atomic E-state index is 11.1. The molecule has 10 heteroatoms. The topological polar surface area (TPSA) is 117 Å². The summed E-state index contributed by atoms with van der Waals surface area (Å²) in [7, 11) is -6.91. The smallest absolute Gasteiger partial charge is 0.318 e. The maximum Gasteiger partial charge on any atom is 0.331 e. The quantitative estimate of drug-likeness (QED) is 0.338. The Hall–Kier alpha value is -1.59. The summed E-state index contributed by atoms with van der Waals surface area (Å²) in [5.74, 6) is -0.600. The van der Waals surface area contributed by atoms with Gasteiger partial charge in [0.15, 0.2) is 0 Å². The van der Waals surface area contributed by atoms with Crippen molar-refractivity contribution < 1.29 is 37.6 Å². The molecule has 0 fully saturated rings. The Labute approximate surface area is 171 Å². The number of carbonyl (C=O) groups excluding carboxylic acids is 1. The van der Waals surface area contributed by atoms with Gasteiger partial charge in [-0.2, -0.15) is 14.0 Å². The molecule has 2 aromatic carbocycles. The van der Waals surface area contributed by atoms with E-state index in [1.807, 2.05) is 42.5 Å². The van der Waals surface area contributed by atoms with Crippen LogP contribution in [0.3, 0.4) is 0 Å². The predicted molar refractivity (Wildman–Crippen MR) is 101 cm³/mol. The van der Waals surface area contributed by atoms with Gasteiger partial charge < -0.3 is 4.84 Å². The van der Waals surface area contributed by atoms with Crippen LogP contribution in [-0.2, 0) is 13.4 Å². The molecule has 0 aliphatic rings. The lowest BCUT2D eigenvalue weighted by Gasteiger charge is -2.26. The first-order valence-corrected chi connectivity index (χ1v) is 12.5. The van der Waals surface area contributed by atoms with Crippen molar-refractivity contribution in [3.8, 4) is 0 Å². The van der Waals surface area contributed by atoms with Crippen molar-refractivity contribution in [2.24, 2.45) is 5.16 Å². The molecule has 7 nitrogen and oxygen atoms in total. The van der Waals surface area contributed by atoms with Crippen LogP contribution >= 0.6 is 22.1 Å². The zero-order valence-corrected chi connectivity index (χ0v) is 17.9. The van der Waals surface area contributed by atoms with Crippen molar-refractivity contribution in [2.75, 3.05) is 18.3 Å². The van der Waals surface area contributed by atoms with Gasteiger partial charge in [-0.05, 0) is 24.3 Å². The van der Waals surface area contributed by atoms with Crippen molar-refractivity contribution in [3.05, 3.63) is 60.2 Å². The van der Waals surface area contributed by atoms with Gasteiger partial charge in [0.2, 0.25) is 0 Å². The van der Waals surface area contributed by atoms with E-state index in [9.17, 15) is 18.8 Å². The maximum absolute atomic E-state index is 11.1. The number of benzene rings is 2. The summed E-state index contributed by atoms with van der Waals surface area (Å²) >= 11 is 1.58. The normalized spacial score (nSPS) is 13.3. The van der Waals surface area contributed by atoms with Gasteiger partial charge in [-0.1, -0.05) is 47.2 Å². The standard InChI is InChI=1S/C18H20ClNO6S2/c1-14(21)25-20-18(13-28(2,3)26-19(22,23)24)15-9-11-17(12-10-15)27-16-7-5-4-6-8-16/h4-12H,13H2,1-3H3. The summed E-state index contributed by atoms with van der Waals surface area (Å²) in [5, 5.41) is 3.82. The first-order chi connectivity index (χ1) is 13.0. The van der Waals surface area contributed by atoms with Crippen molar-refractivity contribution in [2.45, 2.75) is 16.7 Å². The van der Waals surface area contributed by atoms with Gasteiger partial charge in [-0.3, -0.25) is 0 Å². The molecule has 0 aromatic heterocycles. The molecule has 2 rings (SSSR count). The number of oxime groups is 1. The molecule has 0 unspecified atom stereocenters. The second kappa shape index (κ2) is 9.75. The molecule has 0 aliphatic heterocycles. The van der Waals surface area contributed by atoms with Crippen molar-refractivity contribution in [1.29, 1.82) is 0 Å². The molecule has 0 spiro atoms. The molecular formula is C18H20ClNO6S2. The van der Waals surface area contributed by atoms with Gasteiger partial charge in [-0.25, -0.2) is 4.79 Å². The highest BCUT2D eigenvalue weighted by Gasteiger charge is 2.34. The van der Waals surface area contributed by atoms with Crippen LogP contribution in [-0.4, -0.2) is 29.9 Å². The Morgan fingerprint density at radius 1 is 1.04 bits per heavy atom. The molecule has 0 bridgehead atoms. The minimum Gasteiger partial charge on any atom is -0.318 e. The largest absolute Gasteiger partial charge is 0.331 e. The fraction of sp³-hybridized carbons (Fsp3) is 0.222. The lowest BCUT2D eigenvalue weighted by molar-refractivity contribution is -1.91. The highest BCUT2D eigenvalue weighted by Crippen LogP contribution is 2.43. The molecule has 0 saturated heterocycles. The lowest BCUT2D eigenvalue weighted by Crippen LogP contribution is -2.61. The summed E-state index contributed by atoms with van der Waals surface area (Å²) in [6.07, 6.45) is 3.02. The van der Waals surface area contributed by atoms with Crippen molar-refractivity contribution in [1.82, 2.24) is 0 Å². The number of carbonyl (C=O) groups is 1. The summed E-state index contributed by atoms with van der Waals surface area (Å²) in [4.78, 5) is 17.9. The van der Waals surface area contributed by atoms with E-state index in [1.54, 1.807) is 23.9 Å². The van der Waals surface area contributed by atoms with Crippen LogP contribution in [0.5, 0.6) is 0 Å². The third-order valence-corrected chi connectivity index (χ3v) is 7.15. The molecule has 0 aliphatic carbocycles. The Morgan fingerprint density at radius 2 is 1.61 bits per heavy atom. The molecule has 0 atom stereocenters. The molecule has 152 valence electrons. The molecular weight excluding hydrogens is 426 g/mol. The zero-order chi connectivity index (χ0) is 20.8. The second-order valence-corrected chi connectivity index (χ2v) is 11.7. The van der Waals surface area contributed by atoms with Gasteiger partial charge in [0, 0.05) is 45.1 Å². The molecule has 28 heavy (non-hydrogen) atoms. The van der Waals surface area contributed by atoms with Gasteiger partial charge in [0.1, 0.15) is 3.74 Å². The van der Waals surface area contributed by atoms with Crippen molar-refractivity contribution >= 4 is 33.8 Å². The Morgan fingerprint density at radius 3 is 2.14 bits per heavy atom. The average molecular weight is 446 g/mol. The van der Waals surface area contributed by atoms with Crippen LogP contribution in [0.15, 0.2) is 69.5 Å². The van der Waals surface area contributed by atoms with Crippen molar-refractivity contribution in [3.63, 3.8) is 0 Å². The number of rotatable bonds is 8. The van der Waals surface area contributed by atoms with Crippen LogP contribution < -0.4 is 14.0 Å². The SMILES string of the molecule is CC(=O)ON=C(CS(C)(C)O[Cl+3]([O-])([O-])[O-])c1ccc(Sc2ccccc2)cc1. The predicted octanol–water partition coefficient (Wildman–Crippen LogP) is 0.998. The highest BCUT2D eigenvalue weighted by molar-refractivity contribution is 8.29. The molecule has 0 heterocycles. The summed E-state index contributed by atoms with van der Waals surface area (Å²) in [5.41, 5.74) is 0.938. The monoisotopic (exact) mass is 445 g/mol. The molecule has 0 N–H and O–H groups in total. The van der Waals surface area contributed by atoms with E-state index in [2.05, 4.69) is 8.89 Å². The minimum absolute atomic E-state index is 0.0138. The van der Waals surface area contributed by atoms with E-state index >= 15 is 0 Å². The van der Waals surface area contributed by atoms with Gasteiger partial charge >= 0.3 is 5.97 Å². The molecule has 0 amide bonds. The van der Waals surface area contributed by atoms with E-state index in [0.29, 0.717) is 11.3 Å². The summed E-state index contributed by atoms with van der Waals surface area (Å²) in [6.45, 7) is 1.20. The third kappa shape index (κ3) is 8.19. The lowest BCUT2D eigenvalue weighted by atomic mass is 10.1. The minimum atomic E-state index is -4.57. The van der Waals surface area contributed by atoms with Crippen LogP contribution in [0, 0.1) is 10.2 Å². The van der Waals surface area contributed by atoms with E-state index in [-0.39, 0.29) is 5.75 Å². The number of halogens is 1. The van der Waals surface area contributed by atoms with Crippen LogP contribution in [0.4, 0.5) is 0 Å². The molecule has 0 saturated carbocycles. The zero-order valence-electron chi connectivity index (χ0n) is 15.5. The second-order valence-electron chi connectivity index (χ2n) is 6.08. The van der Waals surface area contributed by atoms with E-state index in [1.165, 1.54) is 19.4 Å². The summed E-state index contributed by atoms with van der Waals surface area (Å²) < 4.78 is 37.4. The Kier molecular flexibility index (Phi) is 7.90. The number of nitrogens with zero attached hydrogens (tertiary/aromatic N) is 1. The molecule has 0 radical (unpaired) electrons. The van der Waals surface area contributed by atoms with Gasteiger partial charge in [-0.15, -0.1) is 0 Å². The Bertz CT molecular complexity index is 822. The van der Waals surface area contributed by atoms with E-state index in [4.69, 9.17) is 4.84 Å². The Balaban J connectivity index is 2.21. The third-order valence-electron chi connectivity index (χ3n) is 3.18. The highest BCUT2D eigenvalue weighted by atomic mass is 35.7. The van der Waals surface area contributed by atoms with Gasteiger partial charge in [0.05, 0.1) is 21.7 Å². The fourth-order valence-electron chi connectivity index (χ4n) is 2.18. The summed E-state index contributed by atoms with van der Waals surface area (Å²) in [6, 6.07) is 17.2.